The highest BCUT2D eigenvalue weighted by Crippen LogP contribution is 2.12. The van der Waals surface area contributed by atoms with Gasteiger partial charge >= 0.3 is 5.96 Å². The normalized spacial score (nSPS) is 11.2. The first-order valence-corrected chi connectivity index (χ1v) is 10.1. The second kappa shape index (κ2) is 10.3. The van der Waals surface area contributed by atoms with E-state index >= 15 is 0 Å². The number of quaternary nitrogens is 1. The summed E-state index contributed by atoms with van der Waals surface area (Å²) in [5.74, 6) is 1.25. The molecule has 28 heavy (non-hydrogen) atoms. The van der Waals surface area contributed by atoms with E-state index in [0.717, 1.165) is 37.1 Å². The molecule has 2 aromatic rings. The third-order valence-electron chi connectivity index (χ3n) is 4.94. The van der Waals surface area contributed by atoms with Gasteiger partial charge in [-0.25, -0.2) is 0 Å². The lowest BCUT2D eigenvalue weighted by molar-refractivity contribution is -0.903. The van der Waals surface area contributed by atoms with E-state index < -0.39 is 0 Å². The second-order valence-electron chi connectivity index (χ2n) is 8.65. The van der Waals surface area contributed by atoms with E-state index in [-0.39, 0.29) is 0 Å². The maximum absolute atomic E-state index is 2.50. The van der Waals surface area contributed by atoms with Crippen LogP contribution in [-0.4, -0.2) is 80.2 Å². The van der Waals surface area contributed by atoms with Crippen LogP contribution in [-0.2, 0) is 13.1 Å². The van der Waals surface area contributed by atoms with Crippen LogP contribution in [0.2, 0.25) is 0 Å². The summed E-state index contributed by atoms with van der Waals surface area (Å²) >= 11 is 0. The van der Waals surface area contributed by atoms with Gasteiger partial charge in [0.1, 0.15) is 6.54 Å². The highest BCUT2D eigenvalue weighted by atomic mass is 15.4. The molecule has 0 radical (unpaired) electrons. The summed E-state index contributed by atoms with van der Waals surface area (Å²) < 4.78 is 3.22. The fraction of sp³-hybridized carbons (Fsp3) is 0.458. The van der Waals surface area contributed by atoms with E-state index in [2.05, 4.69) is 117 Å². The molecule has 0 amide bonds. The van der Waals surface area contributed by atoms with Gasteiger partial charge in [0.15, 0.2) is 0 Å². The molecule has 0 aliphatic heterocycles. The van der Waals surface area contributed by atoms with E-state index in [4.69, 9.17) is 0 Å². The Labute approximate surface area is 171 Å². The maximum atomic E-state index is 2.50. The molecule has 152 valence electrons. The number of nitrogens with zero attached hydrogens (tertiary/aromatic N) is 4. The van der Waals surface area contributed by atoms with Crippen molar-refractivity contribution in [3.63, 3.8) is 0 Å². The number of guanidine groups is 1. The molecular formula is C24H38N4+2. The van der Waals surface area contributed by atoms with Crippen LogP contribution in [0.5, 0.6) is 0 Å². The van der Waals surface area contributed by atoms with E-state index in [9.17, 15) is 0 Å². The predicted molar refractivity (Wildman–Crippen MR) is 119 cm³/mol. The lowest BCUT2D eigenvalue weighted by Gasteiger charge is -2.31. The molecule has 0 bridgehead atoms. The van der Waals surface area contributed by atoms with Gasteiger partial charge in [-0.3, -0.25) is 14.4 Å². The maximum Gasteiger partial charge on any atom is 0.349 e. The summed E-state index contributed by atoms with van der Waals surface area (Å²) in [6.07, 6.45) is 1.15. The molecule has 0 spiro atoms. The molecule has 0 saturated heterocycles. The Morgan fingerprint density at radius 3 is 1.89 bits per heavy atom. The Bertz CT molecular complexity index is 732. The zero-order chi connectivity index (χ0) is 20.6. The van der Waals surface area contributed by atoms with Crippen molar-refractivity contribution >= 4 is 5.96 Å². The van der Waals surface area contributed by atoms with E-state index in [1.165, 1.54) is 17.1 Å². The lowest BCUT2D eigenvalue weighted by Crippen LogP contribution is -2.47. The summed E-state index contributed by atoms with van der Waals surface area (Å²) in [4.78, 5) is 4.71. The Hall–Kier alpha value is -2.33. The van der Waals surface area contributed by atoms with Gasteiger partial charge in [0, 0.05) is 12.0 Å². The Morgan fingerprint density at radius 2 is 1.39 bits per heavy atom. The molecule has 0 aromatic heterocycles. The van der Waals surface area contributed by atoms with Crippen LogP contribution in [0, 0.1) is 0 Å². The zero-order valence-electron chi connectivity index (χ0n) is 18.6. The summed E-state index contributed by atoms with van der Waals surface area (Å²) in [7, 11) is 13.2. The first-order chi connectivity index (χ1) is 13.3. The minimum Gasteiger partial charge on any atom is -0.325 e. The Morgan fingerprint density at radius 1 is 0.857 bits per heavy atom. The van der Waals surface area contributed by atoms with Crippen LogP contribution in [0.4, 0.5) is 0 Å². The number of rotatable bonds is 8. The van der Waals surface area contributed by atoms with Gasteiger partial charge in [-0.05, 0) is 5.56 Å². The number of hydrogen-bond donors (Lipinski definition) is 0. The Kier molecular flexibility index (Phi) is 8.06. The van der Waals surface area contributed by atoms with Crippen molar-refractivity contribution in [2.75, 3.05) is 55.4 Å². The van der Waals surface area contributed by atoms with Crippen LogP contribution < -0.4 is 0 Å². The van der Waals surface area contributed by atoms with Crippen LogP contribution >= 0.6 is 0 Å². The molecule has 0 unspecified atom stereocenters. The van der Waals surface area contributed by atoms with Gasteiger partial charge in [0.2, 0.25) is 0 Å². The second-order valence-corrected chi connectivity index (χ2v) is 8.65. The van der Waals surface area contributed by atoms with E-state index in [1.54, 1.807) is 0 Å². The number of benzene rings is 2. The average molecular weight is 383 g/mol. The molecule has 0 aliphatic rings. The van der Waals surface area contributed by atoms with Gasteiger partial charge in [0.25, 0.3) is 0 Å². The van der Waals surface area contributed by atoms with Crippen LogP contribution in [0.1, 0.15) is 17.5 Å². The summed E-state index contributed by atoms with van der Waals surface area (Å²) in [6, 6.07) is 21.6. The molecule has 0 saturated carbocycles. The molecule has 0 fully saturated rings. The minimum absolute atomic E-state index is 0.929. The van der Waals surface area contributed by atoms with Gasteiger partial charge in [-0.2, -0.15) is 0 Å². The van der Waals surface area contributed by atoms with E-state index in [0.29, 0.717) is 0 Å². The highest BCUT2D eigenvalue weighted by Gasteiger charge is 2.24. The standard InChI is InChI=1S/C24H38N4/c1-25(2)24(26(3)4)27(20-22-14-9-7-10-15-22)18-13-19-28(5,6)21-23-16-11-8-12-17-23/h7-12,14-17H,13,18-21H2,1-6H3/q+2. The van der Waals surface area contributed by atoms with E-state index in [1.807, 2.05) is 0 Å². The largest absolute Gasteiger partial charge is 0.349 e. The summed E-state index contributed by atoms with van der Waals surface area (Å²) in [6.45, 7) is 4.18. The van der Waals surface area contributed by atoms with Gasteiger partial charge < -0.3 is 4.48 Å². The van der Waals surface area contributed by atoms with Crippen molar-refractivity contribution in [3.8, 4) is 0 Å². The fourth-order valence-electron chi connectivity index (χ4n) is 3.87. The summed E-state index contributed by atoms with van der Waals surface area (Å²) in [5, 5.41) is 0. The molecule has 0 atom stereocenters. The van der Waals surface area contributed by atoms with Crippen LogP contribution in [0.25, 0.3) is 0 Å². The molecule has 2 aromatic carbocycles. The van der Waals surface area contributed by atoms with Gasteiger partial charge in [0.05, 0.1) is 61.9 Å². The highest BCUT2D eigenvalue weighted by molar-refractivity contribution is 5.74. The third-order valence-corrected chi connectivity index (χ3v) is 4.94. The zero-order valence-corrected chi connectivity index (χ0v) is 18.6. The Balaban J connectivity index is 2.04. The topological polar surface area (TPSA) is 9.49 Å². The fourth-order valence-corrected chi connectivity index (χ4v) is 3.87. The first kappa shape index (κ1) is 22.0. The first-order valence-electron chi connectivity index (χ1n) is 10.1. The molecule has 0 N–H and O–H groups in total. The average Bonchev–Trinajstić information content (AvgIpc) is 2.62. The SMILES string of the molecule is CN(C)C(N(CCC[N+](C)(C)Cc1ccccc1)Cc1ccccc1)=[N+](C)C. The van der Waals surface area contributed by atoms with Crippen molar-refractivity contribution in [2.45, 2.75) is 19.5 Å². The van der Waals surface area contributed by atoms with Gasteiger partial charge in [-0.1, -0.05) is 60.7 Å². The van der Waals surface area contributed by atoms with Crippen molar-refractivity contribution in [2.24, 2.45) is 0 Å². The molecular weight excluding hydrogens is 344 g/mol. The van der Waals surface area contributed by atoms with Crippen LogP contribution in [0.3, 0.4) is 0 Å². The van der Waals surface area contributed by atoms with Crippen molar-refractivity contribution < 1.29 is 9.06 Å². The van der Waals surface area contributed by atoms with Crippen molar-refractivity contribution in [1.29, 1.82) is 0 Å². The summed E-state index contributed by atoms with van der Waals surface area (Å²) in [5.41, 5.74) is 2.75. The molecule has 0 aliphatic carbocycles. The predicted octanol–water partition coefficient (Wildman–Crippen LogP) is 3.35. The number of hydrogen-bond acceptors (Lipinski definition) is 0. The third kappa shape index (κ3) is 7.01. The smallest absolute Gasteiger partial charge is 0.325 e. The molecule has 4 nitrogen and oxygen atoms in total. The molecule has 4 heteroatoms. The monoisotopic (exact) mass is 382 g/mol. The quantitative estimate of drug-likeness (QED) is 0.300. The lowest BCUT2D eigenvalue weighted by atomic mass is 10.2. The van der Waals surface area contributed by atoms with Crippen molar-refractivity contribution in [3.05, 3.63) is 71.8 Å². The van der Waals surface area contributed by atoms with Crippen molar-refractivity contribution in [1.82, 2.24) is 9.80 Å². The van der Waals surface area contributed by atoms with Gasteiger partial charge in [-0.15, -0.1) is 0 Å². The van der Waals surface area contributed by atoms with Crippen LogP contribution in [0.15, 0.2) is 60.7 Å². The molecule has 0 heterocycles. The molecule has 2 rings (SSSR count). The minimum atomic E-state index is 0.929.